The van der Waals surface area contributed by atoms with Crippen LogP contribution in [0, 0.1) is 13.8 Å². The molecule has 0 amide bonds. The van der Waals surface area contributed by atoms with Gasteiger partial charge in [-0.15, -0.1) is 10.2 Å². The van der Waals surface area contributed by atoms with Crippen LogP contribution in [0.25, 0.3) is 16.9 Å². The van der Waals surface area contributed by atoms with Crippen LogP contribution in [0.3, 0.4) is 0 Å². The Balaban J connectivity index is 1.82. The van der Waals surface area contributed by atoms with E-state index in [0.717, 1.165) is 22.2 Å². The van der Waals surface area contributed by atoms with Gasteiger partial charge in [-0.1, -0.05) is 12.1 Å². The first kappa shape index (κ1) is 24.1. The summed E-state index contributed by atoms with van der Waals surface area (Å²) in [4.78, 5) is 4.92. The lowest BCUT2D eigenvalue weighted by Crippen LogP contribution is -2.17. The molecule has 2 heterocycles. The summed E-state index contributed by atoms with van der Waals surface area (Å²) < 4.78 is 40.3. The van der Waals surface area contributed by atoms with E-state index in [9.17, 15) is 13.0 Å². The van der Waals surface area contributed by atoms with E-state index in [0.29, 0.717) is 16.9 Å². The highest BCUT2D eigenvalue weighted by Gasteiger charge is 2.25. The zero-order valence-corrected chi connectivity index (χ0v) is 21.8. The number of sulfone groups is 1. The van der Waals surface area contributed by atoms with Crippen LogP contribution in [0.5, 0.6) is 0 Å². The summed E-state index contributed by atoms with van der Waals surface area (Å²) in [6.07, 6.45) is 0. The van der Waals surface area contributed by atoms with Gasteiger partial charge in [0.25, 0.3) is 0 Å². The fraction of sp³-hybridized carbons (Fsp3) is 0.292. The molecule has 0 spiro atoms. The van der Waals surface area contributed by atoms with Crippen molar-refractivity contribution < 1.29 is 13.0 Å². The van der Waals surface area contributed by atoms with Gasteiger partial charge in [0.2, 0.25) is 5.95 Å². The van der Waals surface area contributed by atoms with Crippen molar-refractivity contribution in [1.82, 2.24) is 19.7 Å². The predicted molar refractivity (Wildman–Crippen MR) is 137 cm³/mol. The molecule has 4 aromatic rings. The van der Waals surface area contributed by atoms with E-state index in [1.807, 2.05) is 38.1 Å². The lowest BCUT2D eigenvalue weighted by molar-refractivity contribution is 0.586. The molecule has 178 valence electrons. The van der Waals surface area contributed by atoms with Crippen LogP contribution in [0.2, 0.25) is 0 Å². The smallest absolute Gasteiger partial charge is 0.249 e. The molecule has 0 fully saturated rings. The zero-order chi connectivity index (χ0) is 24.8. The molecule has 0 radical (unpaired) electrons. The Labute approximate surface area is 199 Å². The summed E-state index contributed by atoms with van der Waals surface area (Å²) >= 11 is 0. The molecular formula is C24H28N5O3PS. The second-order valence-corrected chi connectivity index (χ2v) is 14.7. The minimum absolute atomic E-state index is 0.244. The molecule has 2 aromatic heterocycles. The molecule has 2 aromatic carbocycles. The van der Waals surface area contributed by atoms with Gasteiger partial charge in [-0.25, -0.2) is 8.42 Å². The van der Waals surface area contributed by atoms with E-state index >= 15 is 0 Å². The van der Waals surface area contributed by atoms with Crippen molar-refractivity contribution in [2.75, 3.05) is 18.6 Å². The molecule has 0 unspecified atom stereocenters. The first-order chi connectivity index (χ1) is 15.9. The van der Waals surface area contributed by atoms with Gasteiger partial charge >= 0.3 is 0 Å². The van der Waals surface area contributed by atoms with E-state index in [4.69, 9.17) is 0 Å². The van der Waals surface area contributed by atoms with Gasteiger partial charge in [-0.05, 0) is 83.0 Å². The van der Waals surface area contributed by atoms with Crippen molar-refractivity contribution in [2.24, 2.45) is 0 Å². The number of hydrogen-bond acceptors (Lipinski definition) is 7. The molecule has 0 aliphatic carbocycles. The minimum atomic E-state index is -3.52. The lowest BCUT2D eigenvalue weighted by Gasteiger charge is -2.16. The van der Waals surface area contributed by atoms with E-state index in [2.05, 4.69) is 20.5 Å². The Morgan fingerprint density at radius 1 is 1.00 bits per heavy atom. The van der Waals surface area contributed by atoms with Gasteiger partial charge in [-0.2, -0.15) is 4.98 Å². The zero-order valence-electron chi connectivity index (χ0n) is 20.1. The maximum atomic E-state index is 13.0. The maximum absolute atomic E-state index is 13.0. The standard InChI is InChI=1S/C24H28N5O3PS/c1-15(2)34(31,32)22-10-8-7-9-21(22)29-17(4)14-20-23(29)26-24(28-27-20)25-19-12-11-18(13-16(19)3)33(5,6)30/h7-15H,1-6H3,(H,25,26,28). The number of fused-ring (bicyclic) bond motifs is 1. The molecule has 0 saturated carbocycles. The first-order valence-electron chi connectivity index (χ1n) is 10.9. The number of benzene rings is 2. The summed E-state index contributed by atoms with van der Waals surface area (Å²) in [5.41, 5.74) is 4.06. The fourth-order valence-electron chi connectivity index (χ4n) is 3.75. The van der Waals surface area contributed by atoms with Crippen LogP contribution >= 0.6 is 7.14 Å². The Morgan fingerprint density at radius 3 is 2.35 bits per heavy atom. The van der Waals surface area contributed by atoms with Gasteiger partial charge in [0.05, 0.1) is 15.8 Å². The quantitative estimate of drug-likeness (QED) is 0.388. The number of anilines is 2. The Morgan fingerprint density at radius 2 is 1.71 bits per heavy atom. The molecule has 0 aliphatic rings. The second-order valence-electron chi connectivity index (χ2n) is 9.00. The van der Waals surface area contributed by atoms with Gasteiger partial charge < -0.3 is 9.88 Å². The van der Waals surface area contributed by atoms with Crippen molar-refractivity contribution in [2.45, 2.75) is 37.8 Å². The van der Waals surface area contributed by atoms with Crippen LogP contribution in [0.15, 0.2) is 53.4 Å². The third-order valence-electron chi connectivity index (χ3n) is 5.72. The SMILES string of the molecule is Cc1cc(P(C)(C)=O)ccc1Nc1nnc2cc(C)n(-c3ccccc3S(=O)(=O)C(C)C)c2n1. The molecule has 0 saturated heterocycles. The van der Waals surface area contributed by atoms with Crippen molar-refractivity contribution in [3.8, 4) is 5.69 Å². The number of rotatable bonds is 6. The van der Waals surface area contributed by atoms with E-state index in [1.54, 1.807) is 56.0 Å². The van der Waals surface area contributed by atoms with Crippen LogP contribution in [-0.2, 0) is 14.4 Å². The monoisotopic (exact) mass is 497 g/mol. The van der Waals surface area contributed by atoms with Crippen molar-refractivity contribution >= 4 is 45.1 Å². The summed E-state index contributed by atoms with van der Waals surface area (Å²) in [6.45, 7) is 10.6. The summed E-state index contributed by atoms with van der Waals surface area (Å²) in [5, 5.41) is 11.9. The van der Waals surface area contributed by atoms with Crippen molar-refractivity contribution in [1.29, 1.82) is 0 Å². The van der Waals surface area contributed by atoms with Crippen LogP contribution in [-0.4, -0.2) is 46.7 Å². The Kier molecular flexibility index (Phi) is 6.12. The molecule has 1 N–H and O–H groups in total. The highest BCUT2D eigenvalue weighted by Crippen LogP contribution is 2.36. The van der Waals surface area contributed by atoms with E-state index < -0.39 is 22.2 Å². The van der Waals surface area contributed by atoms with E-state index in [1.165, 1.54) is 0 Å². The third kappa shape index (κ3) is 4.38. The molecule has 0 atom stereocenters. The Bertz CT molecular complexity index is 1550. The number of para-hydroxylation sites is 1. The lowest BCUT2D eigenvalue weighted by atomic mass is 10.2. The molecule has 34 heavy (non-hydrogen) atoms. The fourth-order valence-corrected chi connectivity index (χ4v) is 5.92. The maximum Gasteiger partial charge on any atom is 0.249 e. The number of hydrogen-bond donors (Lipinski definition) is 1. The highest BCUT2D eigenvalue weighted by atomic mass is 32.2. The summed E-state index contributed by atoms with van der Waals surface area (Å²) in [7, 11) is -5.89. The number of nitrogens with zero attached hydrogens (tertiary/aromatic N) is 4. The summed E-state index contributed by atoms with van der Waals surface area (Å²) in [6, 6.07) is 14.3. The van der Waals surface area contributed by atoms with Gasteiger partial charge in [0.1, 0.15) is 12.7 Å². The second kappa shape index (κ2) is 8.64. The van der Waals surface area contributed by atoms with Crippen molar-refractivity contribution in [3.05, 3.63) is 59.8 Å². The molecule has 4 rings (SSSR count). The van der Waals surface area contributed by atoms with Gasteiger partial charge in [0.15, 0.2) is 15.5 Å². The van der Waals surface area contributed by atoms with Crippen molar-refractivity contribution in [3.63, 3.8) is 0 Å². The highest BCUT2D eigenvalue weighted by molar-refractivity contribution is 7.92. The molecular weight excluding hydrogens is 469 g/mol. The normalized spacial score (nSPS) is 12.4. The third-order valence-corrected chi connectivity index (χ3v) is 9.44. The number of aryl methyl sites for hydroxylation is 2. The van der Waals surface area contributed by atoms with Crippen LogP contribution in [0.1, 0.15) is 25.1 Å². The molecule has 10 heteroatoms. The number of aromatic nitrogens is 4. The molecule has 0 aliphatic heterocycles. The Hall–Kier alpha value is -3.03. The van der Waals surface area contributed by atoms with E-state index in [-0.39, 0.29) is 10.8 Å². The minimum Gasteiger partial charge on any atom is -0.323 e. The predicted octanol–water partition coefficient (Wildman–Crippen LogP) is 4.61. The number of nitrogens with one attached hydrogen (secondary N) is 1. The molecule has 0 bridgehead atoms. The largest absolute Gasteiger partial charge is 0.323 e. The first-order valence-corrected chi connectivity index (χ1v) is 15.0. The van der Waals surface area contributed by atoms with Gasteiger partial charge in [-0.3, -0.25) is 4.57 Å². The van der Waals surface area contributed by atoms with Gasteiger partial charge in [0, 0.05) is 16.7 Å². The topological polar surface area (TPSA) is 107 Å². The molecule has 8 nitrogen and oxygen atoms in total. The average Bonchev–Trinajstić information content (AvgIpc) is 3.09. The van der Waals surface area contributed by atoms with Crippen LogP contribution < -0.4 is 10.6 Å². The summed E-state index contributed by atoms with van der Waals surface area (Å²) in [5.74, 6) is 0.281. The average molecular weight is 498 g/mol. The van der Waals surface area contributed by atoms with Crippen LogP contribution in [0.4, 0.5) is 11.6 Å².